The molecule has 1 amide bonds. The number of rotatable bonds is 2. The molecule has 1 aliphatic rings. The molecule has 0 aliphatic carbocycles. The fourth-order valence-electron chi connectivity index (χ4n) is 2.60. The van der Waals surface area contributed by atoms with Crippen molar-refractivity contribution < 1.29 is 4.79 Å². The monoisotopic (exact) mass is 276 g/mol. The van der Waals surface area contributed by atoms with E-state index in [-0.39, 0.29) is 11.9 Å². The van der Waals surface area contributed by atoms with Gasteiger partial charge in [-0.3, -0.25) is 9.48 Å². The zero-order valence-corrected chi connectivity index (χ0v) is 11.6. The highest BCUT2D eigenvalue weighted by atomic mass is 32.1. The van der Waals surface area contributed by atoms with Crippen molar-refractivity contribution in [3.63, 3.8) is 0 Å². The molecule has 0 saturated carbocycles. The zero-order chi connectivity index (χ0) is 13.4. The molecule has 6 heteroatoms. The lowest BCUT2D eigenvalue weighted by atomic mass is 10.2. The van der Waals surface area contributed by atoms with Crippen molar-refractivity contribution in [3.05, 3.63) is 34.3 Å². The summed E-state index contributed by atoms with van der Waals surface area (Å²) in [7, 11) is 1.77. The Kier molecular flexibility index (Phi) is 3.02. The van der Waals surface area contributed by atoms with Crippen LogP contribution in [0, 0.1) is 0 Å². The zero-order valence-electron chi connectivity index (χ0n) is 10.7. The summed E-state index contributed by atoms with van der Waals surface area (Å²) in [6.45, 7) is 0.775. The number of thiophene rings is 1. The molecule has 2 aromatic rings. The first-order chi connectivity index (χ1) is 9.16. The molecule has 1 saturated heterocycles. The number of aromatic nitrogens is 2. The first-order valence-electron chi connectivity index (χ1n) is 6.30. The molecule has 2 aromatic heterocycles. The van der Waals surface area contributed by atoms with Gasteiger partial charge in [0.05, 0.1) is 11.7 Å². The van der Waals surface area contributed by atoms with Crippen LogP contribution in [0.1, 0.15) is 34.2 Å². The Hall–Kier alpha value is -1.82. The van der Waals surface area contributed by atoms with E-state index >= 15 is 0 Å². The van der Waals surface area contributed by atoms with Crippen LogP contribution in [-0.2, 0) is 7.05 Å². The third-order valence-electron chi connectivity index (χ3n) is 3.44. The number of hydrogen-bond donors (Lipinski definition) is 1. The van der Waals surface area contributed by atoms with E-state index in [1.54, 1.807) is 29.3 Å². The van der Waals surface area contributed by atoms with Gasteiger partial charge in [0.15, 0.2) is 5.69 Å². The van der Waals surface area contributed by atoms with Crippen LogP contribution in [0.3, 0.4) is 0 Å². The summed E-state index contributed by atoms with van der Waals surface area (Å²) in [4.78, 5) is 15.7. The Bertz CT molecular complexity index is 590. The first kappa shape index (κ1) is 12.2. The number of aryl methyl sites for hydroxylation is 1. The minimum absolute atomic E-state index is 0.0611. The number of anilines is 1. The predicted octanol–water partition coefficient (Wildman–Crippen LogP) is 2.04. The summed E-state index contributed by atoms with van der Waals surface area (Å²) in [5, 5.41) is 6.22. The van der Waals surface area contributed by atoms with E-state index in [2.05, 4.69) is 11.2 Å². The van der Waals surface area contributed by atoms with Crippen molar-refractivity contribution >= 4 is 22.9 Å². The van der Waals surface area contributed by atoms with E-state index in [4.69, 9.17) is 5.73 Å². The van der Waals surface area contributed by atoms with Crippen LogP contribution in [0.25, 0.3) is 0 Å². The lowest BCUT2D eigenvalue weighted by molar-refractivity contribution is 0.0732. The molecule has 0 radical (unpaired) electrons. The van der Waals surface area contributed by atoms with Gasteiger partial charge < -0.3 is 10.6 Å². The molecule has 3 rings (SSSR count). The van der Waals surface area contributed by atoms with Crippen LogP contribution in [0.2, 0.25) is 0 Å². The fourth-order valence-corrected chi connectivity index (χ4v) is 3.47. The molecule has 100 valence electrons. The Morgan fingerprint density at radius 2 is 2.42 bits per heavy atom. The average molecular weight is 276 g/mol. The Labute approximate surface area is 115 Å². The number of carbonyl (C=O) groups excluding carboxylic acids is 1. The standard InChI is InChI=1S/C13H16N4OS/c1-16-8-9(14)12(15-16)13(18)17-6-2-4-10(17)11-5-3-7-19-11/h3,5,7-8,10H,2,4,6,14H2,1H3. The van der Waals surface area contributed by atoms with Crippen LogP contribution < -0.4 is 5.73 Å². The highest BCUT2D eigenvalue weighted by molar-refractivity contribution is 7.10. The van der Waals surface area contributed by atoms with E-state index in [0.29, 0.717) is 11.4 Å². The number of nitrogens with zero attached hydrogens (tertiary/aromatic N) is 3. The SMILES string of the molecule is Cn1cc(N)c(C(=O)N2CCCC2c2cccs2)n1. The van der Waals surface area contributed by atoms with Gasteiger partial charge in [-0.1, -0.05) is 6.07 Å². The molecule has 19 heavy (non-hydrogen) atoms. The fraction of sp³-hybridized carbons (Fsp3) is 0.385. The summed E-state index contributed by atoms with van der Waals surface area (Å²) in [5.74, 6) is -0.0611. The Morgan fingerprint density at radius 1 is 1.58 bits per heavy atom. The number of carbonyl (C=O) groups is 1. The first-order valence-corrected chi connectivity index (χ1v) is 7.18. The predicted molar refractivity (Wildman–Crippen MR) is 75.0 cm³/mol. The maximum Gasteiger partial charge on any atom is 0.277 e. The van der Waals surface area contributed by atoms with E-state index < -0.39 is 0 Å². The van der Waals surface area contributed by atoms with Gasteiger partial charge in [0.2, 0.25) is 0 Å². The van der Waals surface area contributed by atoms with Crippen LogP contribution in [-0.4, -0.2) is 27.1 Å². The van der Waals surface area contributed by atoms with E-state index in [0.717, 1.165) is 19.4 Å². The number of likely N-dealkylation sites (tertiary alicyclic amines) is 1. The minimum atomic E-state index is -0.0611. The molecule has 2 N–H and O–H groups in total. The van der Waals surface area contributed by atoms with Crippen molar-refractivity contribution in [2.45, 2.75) is 18.9 Å². The third-order valence-corrected chi connectivity index (χ3v) is 4.42. The van der Waals surface area contributed by atoms with E-state index in [1.165, 1.54) is 4.88 Å². The second-order valence-electron chi connectivity index (χ2n) is 4.78. The summed E-state index contributed by atoms with van der Waals surface area (Å²) in [6, 6.07) is 4.28. The molecular formula is C13H16N4OS. The van der Waals surface area contributed by atoms with Crippen molar-refractivity contribution in [1.29, 1.82) is 0 Å². The van der Waals surface area contributed by atoms with Gasteiger partial charge in [0, 0.05) is 24.7 Å². The van der Waals surface area contributed by atoms with Gasteiger partial charge in [-0.15, -0.1) is 11.3 Å². The Balaban J connectivity index is 1.89. The molecule has 0 spiro atoms. The smallest absolute Gasteiger partial charge is 0.277 e. The van der Waals surface area contributed by atoms with Crippen LogP contribution in [0.15, 0.2) is 23.7 Å². The Morgan fingerprint density at radius 3 is 3.05 bits per heavy atom. The summed E-state index contributed by atoms with van der Waals surface area (Å²) in [6.07, 6.45) is 3.71. The molecule has 1 fully saturated rings. The quantitative estimate of drug-likeness (QED) is 0.913. The molecular weight excluding hydrogens is 260 g/mol. The molecule has 3 heterocycles. The van der Waals surface area contributed by atoms with Gasteiger partial charge in [0.1, 0.15) is 0 Å². The molecule has 1 unspecified atom stereocenters. The highest BCUT2D eigenvalue weighted by Gasteiger charge is 2.33. The van der Waals surface area contributed by atoms with Gasteiger partial charge >= 0.3 is 0 Å². The van der Waals surface area contributed by atoms with Gasteiger partial charge in [-0.25, -0.2) is 0 Å². The number of nitrogens with two attached hydrogens (primary N) is 1. The summed E-state index contributed by atoms with van der Waals surface area (Å²) in [5.41, 5.74) is 6.66. The van der Waals surface area contributed by atoms with Gasteiger partial charge in [-0.05, 0) is 24.3 Å². The number of amides is 1. The van der Waals surface area contributed by atoms with Crippen molar-refractivity contribution in [2.24, 2.45) is 7.05 Å². The molecule has 0 aromatic carbocycles. The number of nitrogen functional groups attached to an aromatic ring is 1. The van der Waals surface area contributed by atoms with Crippen molar-refractivity contribution in [1.82, 2.24) is 14.7 Å². The molecule has 1 atom stereocenters. The average Bonchev–Trinajstić information content (AvgIpc) is 3.06. The van der Waals surface area contributed by atoms with Crippen LogP contribution >= 0.6 is 11.3 Å². The normalized spacial score (nSPS) is 19.0. The minimum Gasteiger partial charge on any atom is -0.396 e. The summed E-state index contributed by atoms with van der Waals surface area (Å²) < 4.78 is 1.58. The third kappa shape index (κ3) is 2.12. The lowest BCUT2D eigenvalue weighted by Crippen LogP contribution is -2.31. The van der Waals surface area contributed by atoms with E-state index in [9.17, 15) is 4.79 Å². The van der Waals surface area contributed by atoms with Crippen LogP contribution in [0.4, 0.5) is 5.69 Å². The van der Waals surface area contributed by atoms with Crippen LogP contribution in [0.5, 0.6) is 0 Å². The largest absolute Gasteiger partial charge is 0.396 e. The molecule has 0 bridgehead atoms. The number of hydrogen-bond acceptors (Lipinski definition) is 4. The summed E-state index contributed by atoms with van der Waals surface area (Å²) >= 11 is 1.70. The van der Waals surface area contributed by atoms with E-state index in [1.807, 2.05) is 16.3 Å². The molecule has 5 nitrogen and oxygen atoms in total. The highest BCUT2D eigenvalue weighted by Crippen LogP contribution is 2.35. The van der Waals surface area contributed by atoms with Gasteiger partial charge in [-0.2, -0.15) is 5.10 Å². The van der Waals surface area contributed by atoms with Gasteiger partial charge in [0.25, 0.3) is 5.91 Å². The molecule has 1 aliphatic heterocycles. The topological polar surface area (TPSA) is 64.2 Å². The lowest BCUT2D eigenvalue weighted by Gasteiger charge is -2.23. The maximum atomic E-state index is 12.6. The van der Waals surface area contributed by atoms with Crippen molar-refractivity contribution in [2.75, 3.05) is 12.3 Å². The van der Waals surface area contributed by atoms with Crippen molar-refractivity contribution in [3.8, 4) is 0 Å². The second-order valence-corrected chi connectivity index (χ2v) is 5.76. The maximum absolute atomic E-state index is 12.6. The second kappa shape index (κ2) is 4.70.